The van der Waals surface area contributed by atoms with Crippen LogP contribution in [0.3, 0.4) is 0 Å². The van der Waals surface area contributed by atoms with Gasteiger partial charge in [-0.2, -0.15) is 0 Å². The fourth-order valence-corrected chi connectivity index (χ4v) is 2.33. The molecule has 2 aromatic carbocycles. The van der Waals surface area contributed by atoms with Gasteiger partial charge in [-0.3, -0.25) is 19.7 Å². The van der Waals surface area contributed by atoms with Crippen molar-refractivity contribution in [2.24, 2.45) is 0 Å². The molecule has 0 spiro atoms. The summed E-state index contributed by atoms with van der Waals surface area (Å²) in [4.78, 5) is 33.9. The molecule has 1 heterocycles. The van der Waals surface area contributed by atoms with Gasteiger partial charge in [0.25, 0.3) is 11.8 Å². The van der Waals surface area contributed by atoms with Gasteiger partial charge in [-0.15, -0.1) is 0 Å². The van der Waals surface area contributed by atoms with Crippen LogP contribution in [-0.2, 0) is 4.79 Å². The van der Waals surface area contributed by atoms with Gasteiger partial charge in [0.1, 0.15) is 5.75 Å². The molecule has 3 rings (SSSR count). The number of ether oxygens (including phenoxy) is 2. The summed E-state index contributed by atoms with van der Waals surface area (Å²) in [5.41, 5.74) is 0.954. The van der Waals surface area contributed by atoms with Crippen molar-refractivity contribution in [1.82, 2.24) is 0 Å². The van der Waals surface area contributed by atoms with E-state index < -0.39 is 10.8 Å². The normalized spacial score (nSPS) is 12.4. The summed E-state index contributed by atoms with van der Waals surface area (Å²) >= 11 is 0. The molecule has 0 atom stereocenters. The molecule has 9 nitrogen and oxygen atoms in total. The van der Waals surface area contributed by atoms with Gasteiger partial charge in [0.05, 0.1) is 17.7 Å². The lowest BCUT2D eigenvalue weighted by atomic mass is 10.1. The third-order valence-electron chi connectivity index (χ3n) is 3.51. The van der Waals surface area contributed by atoms with Gasteiger partial charge >= 0.3 is 5.69 Å². The van der Waals surface area contributed by atoms with Crippen molar-refractivity contribution in [3.05, 3.63) is 52.1 Å². The first-order chi connectivity index (χ1) is 12.0. The zero-order valence-corrected chi connectivity index (χ0v) is 13.1. The molecule has 0 bridgehead atoms. The molecule has 0 saturated carbocycles. The van der Waals surface area contributed by atoms with E-state index in [2.05, 4.69) is 10.6 Å². The van der Waals surface area contributed by atoms with Crippen LogP contribution in [0.2, 0.25) is 0 Å². The first kappa shape index (κ1) is 16.2. The highest BCUT2D eigenvalue weighted by atomic mass is 16.6. The monoisotopic (exact) mass is 343 g/mol. The van der Waals surface area contributed by atoms with Crippen LogP contribution in [0.15, 0.2) is 36.4 Å². The highest BCUT2D eigenvalue weighted by Gasteiger charge is 2.19. The Kier molecular flexibility index (Phi) is 4.21. The molecule has 9 heteroatoms. The van der Waals surface area contributed by atoms with Crippen molar-refractivity contribution in [3.8, 4) is 11.5 Å². The van der Waals surface area contributed by atoms with E-state index in [1.54, 1.807) is 18.2 Å². The molecule has 0 saturated heterocycles. The van der Waals surface area contributed by atoms with Crippen LogP contribution in [0.4, 0.5) is 17.1 Å². The number of hydrogen-bond acceptors (Lipinski definition) is 6. The Bertz CT molecular complexity index is 880. The topological polar surface area (TPSA) is 120 Å². The molecule has 1 aliphatic heterocycles. The Morgan fingerprint density at radius 2 is 2.12 bits per heavy atom. The highest BCUT2D eigenvalue weighted by molar-refractivity contribution is 6.05. The van der Waals surface area contributed by atoms with E-state index in [0.717, 1.165) is 0 Å². The number of benzene rings is 2. The first-order valence-corrected chi connectivity index (χ1v) is 7.18. The first-order valence-electron chi connectivity index (χ1n) is 7.18. The standard InChI is InChI=1S/C16H13N3O6/c1-24-14-6-9(2-5-12(14)19(22)23)16(21)17-10-3-4-11-13(7-10)25-8-15(20)18-11/h2-7H,8H2,1H3,(H,17,21)(H,18,20). The lowest BCUT2D eigenvalue weighted by molar-refractivity contribution is -0.385. The Morgan fingerprint density at radius 1 is 1.32 bits per heavy atom. The average Bonchev–Trinajstić information content (AvgIpc) is 2.61. The summed E-state index contributed by atoms with van der Waals surface area (Å²) in [5.74, 6) is -0.275. The van der Waals surface area contributed by atoms with Gasteiger partial charge in [-0.25, -0.2) is 0 Å². The molecule has 0 radical (unpaired) electrons. The summed E-state index contributed by atoms with van der Waals surface area (Å²) < 4.78 is 10.2. The predicted molar refractivity (Wildman–Crippen MR) is 88.2 cm³/mol. The molecule has 2 N–H and O–H groups in total. The summed E-state index contributed by atoms with van der Waals surface area (Å²) in [5, 5.41) is 16.2. The van der Waals surface area contributed by atoms with Gasteiger partial charge in [-0.1, -0.05) is 0 Å². The van der Waals surface area contributed by atoms with Crippen LogP contribution in [0.25, 0.3) is 0 Å². The van der Waals surface area contributed by atoms with Crippen molar-refractivity contribution in [1.29, 1.82) is 0 Å². The van der Waals surface area contributed by atoms with Crippen LogP contribution in [0.1, 0.15) is 10.4 Å². The minimum absolute atomic E-state index is 0.00543. The number of anilines is 2. The van der Waals surface area contributed by atoms with Gasteiger partial charge in [0.15, 0.2) is 12.4 Å². The van der Waals surface area contributed by atoms with E-state index in [-0.39, 0.29) is 29.5 Å². The lowest BCUT2D eigenvalue weighted by Gasteiger charge is -2.18. The minimum Gasteiger partial charge on any atom is -0.490 e. The second-order valence-corrected chi connectivity index (χ2v) is 5.15. The average molecular weight is 343 g/mol. The zero-order chi connectivity index (χ0) is 18.0. The predicted octanol–water partition coefficient (Wildman–Crippen LogP) is 2.19. The molecule has 1 aliphatic rings. The Morgan fingerprint density at radius 3 is 2.84 bits per heavy atom. The second-order valence-electron chi connectivity index (χ2n) is 5.15. The largest absolute Gasteiger partial charge is 0.490 e. The van der Waals surface area contributed by atoms with E-state index in [4.69, 9.17) is 9.47 Å². The summed E-state index contributed by atoms with van der Waals surface area (Å²) in [6, 6.07) is 8.63. The maximum Gasteiger partial charge on any atom is 0.310 e. The fraction of sp³-hybridized carbons (Fsp3) is 0.125. The van der Waals surface area contributed by atoms with Crippen LogP contribution in [0, 0.1) is 10.1 Å². The minimum atomic E-state index is -0.588. The number of nitrogens with zero attached hydrogens (tertiary/aromatic N) is 1. The van der Waals surface area contributed by atoms with Crippen LogP contribution >= 0.6 is 0 Å². The number of methoxy groups -OCH3 is 1. The highest BCUT2D eigenvalue weighted by Crippen LogP contribution is 2.31. The van der Waals surface area contributed by atoms with Crippen LogP contribution in [-0.4, -0.2) is 30.5 Å². The van der Waals surface area contributed by atoms with E-state index in [1.807, 2.05) is 0 Å². The number of nitro benzene ring substituents is 1. The van der Waals surface area contributed by atoms with Crippen LogP contribution < -0.4 is 20.1 Å². The Balaban J connectivity index is 1.81. The van der Waals surface area contributed by atoms with E-state index in [0.29, 0.717) is 17.1 Å². The number of nitro groups is 1. The molecule has 0 aromatic heterocycles. The van der Waals surface area contributed by atoms with Gasteiger partial charge < -0.3 is 20.1 Å². The quantitative estimate of drug-likeness (QED) is 0.648. The third-order valence-corrected chi connectivity index (χ3v) is 3.51. The maximum absolute atomic E-state index is 12.3. The Hall–Kier alpha value is -3.62. The van der Waals surface area contributed by atoms with Crippen molar-refractivity contribution in [2.75, 3.05) is 24.4 Å². The van der Waals surface area contributed by atoms with Crippen molar-refractivity contribution in [3.63, 3.8) is 0 Å². The molecule has 128 valence electrons. The zero-order valence-electron chi connectivity index (χ0n) is 13.1. The second kappa shape index (κ2) is 6.48. The SMILES string of the molecule is COc1cc(C(=O)Nc2ccc3c(c2)OCC(=O)N3)ccc1[N+](=O)[O-]. The number of fused-ring (bicyclic) bond motifs is 1. The van der Waals surface area contributed by atoms with Crippen LogP contribution in [0.5, 0.6) is 11.5 Å². The van der Waals surface area contributed by atoms with Gasteiger partial charge in [0, 0.05) is 29.4 Å². The number of hydrogen-bond donors (Lipinski definition) is 2. The van der Waals surface area contributed by atoms with Crippen molar-refractivity contribution < 1.29 is 24.0 Å². The third kappa shape index (κ3) is 3.34. The van der Waals surface area contributed by atoms with E-state index in [1.165, 1.54) is 25.3 Å². The number of carbonyl (C=O) groups excluding carboxylic acids is 2. The molecule has 0 unspecified atom stereocenters. The molecule has 2 aromatic rings. The lowest BCUT2D eigenvalue weighted by Crippen LogP contribution is -2.25. The van der Waals surface area contributed by atoms with Gasteiger partial charge in [-0.05, 0) is 18.2 Å². The van der Waals surface area contributed by atoms with Crippen molar-refractivity contribution in [2.45, 2.75) is 0 Å². The molecular weight excluding hydrogens is 330 g/mol. The number of nitrogens with one attached hydrogen (secondary N) is 2. The fourth-order valence-electron chi connectivity index (χ4n) is 2.33. The molecule has 25 heavy (non-hydrogen) atoms. The van der Waals surface area contributed by atoms with Crippen molar-refractivity contribution >= 4 is 28.9 Å². The summed E-state index contributed by atoms with van der Waals surface area (Å²) in [6.07, 6.45) is 0. The Labute approximate surface area is 141 Å². The molecular formula is C16H13N3O6. The summed E-state index contributed by atoms with van der Waals surface area (Å²) in [6.45, 7) is -0.0933. The molecule has 0 aliphatic carbocycles. The number of rotatable bonds is 4. The number of amides is 2. The smallest absolute Gasteiger partial charge is 0.310 e. The van der Waals surface area contributed by atoms with E-state index in [9.17, 15) is 19.7 Å². The van der Waals surface area contributed by atoms with Gasteiger partial charge in [0.2, 0.25) is 0 Å². The molecule has 0 fully saturated rings. The number of carbonyl (C=O) groups is 2. The maximum atomic E-state index is 12.3. The summed E-state index contributed by atoms with van der Waals surface area (Å²) in [7, 11) is 1.29. The molecule has 2 amide bonds. The van der Waals surface area contributed by atoms with E-state index >= 15 is 0 Å².